The van der Waals surface area contributed by atoms with Crippen molar-refractivity contribution in [3.8, 4) is 0 Å². The number of amides is 2. The number of hydrogen-bond acceptors (Lipinski definition) is 2. The first kappa shape index (κ1) is 13.7. The number of benzene rings is 1. The lowest BCUT2D eigenvalue weighted by Crippen LogP contribution is -2.42. The van der Waals surface area contributed by atoms with Gasteiger partial charge in [0, 0.05) is 26.2 Å². The van der Waals surface area contributed by atoms with Gasteiger partial charge in [-0.2, -0.15) is 0 Å². The van der Waals surface area contributed by atoms with Crippen molar-refractivity contribution in [1.82, 2.24) is 9.80 Å². The predicted octanol–water partition coefficient (Wildman–Crippen LogP) is 2.47. The summed E-state index contributed by atoms with van der Waals surface area (Å²) in [7, 11) is 0. The first-order valence-electron chi connectivity index (χ1n) is 7.09. The van der Waals surface area contributed by atoms with Crippen molar-refractivity contribution in [1.29, 1.82) is 0 Å². The van der Waals surface area contributed by atoms with Gasteiger partial charge >= 0.3 is 12.0 Å². The lowest BCUT2D eigenvalue weighted by Gasteiger charge is -2.29. The van der Waals surface area contributed by atoms with Crippen molar-refractivity contribution in [3.63, 3.8) is 0 Å². The normalized spacial score (nSPS) is 17.5. The summed E-state index contributed by atoms with van der Waals surface area (Å²) in [5.41, 5.74) is 3.58. The summed E-state index contributed by atoms with van der Waals surface area (Å²) in [6.07, 6.45) is 3.02. The molecular formula is C16H18N2O3. The van der Waals surface area contributed by atoms with Gasteiger partial charge in [0.1, 0.15) is 0 Å². The van der Waals surface area contributed by atoms with Crippen LogP contribution in [0.2, 0.25) is 0 Å². The zero-order valence-electron chi connectivity index (χ0n) is 12.0. The summed E-state index contributed by atoms with van der Waals surface area (Å²) < 4.78 is 0. The van der Waals surface area contributed by atoms with Gasteiger partial charge in [-0.25, -0.2) is 9.59 Å². The van der Waals surface area contributed by atoms with E-state index in [4.69, 9.17) is 5.11 Å². The monoisotopic (exact) mass is 286 g/mol. The van der Waals surface area contributed by atoms with Crippen LogP contribution in [-0.4, -0.2) is 40.0 Å². The van der Waals surface area contributed by atoms with Crippen LogP contribution in [0.15, 0.2) is 29.8 Å². The molecule has 0 aliphatic carbocycles. The molecule has 0 bridgehead atoms. The highest BCUT2D eigenvalue weighted by atomic mass is 16.4. The van der Waals surface area contributed by atoms with Gasteiger partial charge in [-0.15, -0.1) is 0 Å². The lowest BCUT2D eigenvalue weighted by atomic mass is 10.1. The Morgan fingerprint density at radius 1 is 1.14 bits per heavy atom. The molecule has 0 spiro atoms. The largest absolute Gasteiger partial charge is 0.478 e. The van der Waals surface area contributed by atoms with Crippen LogP contribution in [0.1, 0.15) is 34.8 Å². The standard InChI is InChI=1S/C16H18N2O3/c1-11-4-6-17(7-5-11)16(21)18-9-13-3-2-12(15(19)20)8-14(13)10-18/h2-4,8H,5-7,9-10H2,1H3,(H,19,20). The molecule has 1 aromatic carbocycles. The number of hydrogen-bond donors (Lipinski definition) is 1. The maximum Gasteiger partial charge on any atom is 0.335 e. The molecule has 110 valence electrons. The van der Waals surface area contributed by atoms with Crippen LogP contribution in [0.4, 0.5) is 4.79 Å². The number of carbonyl (C=O) groups excluding carboxylic acids is 1. The number of nitrogens with zero attached hydrogens (tertiary/aromatic N) is 2. The van der Waals surface area contributed by atoms with Crippen LogP contribution in [0.5, 0.6) is 0 Å². The molecule has 0 atom stereocenters. The minimum atomic E-state index is -0.931. The number of urea groups is 1. The van der Waals surface area contributed by atoms with E-state index in [9.17, 15) is 9.59 Å². The molecule has 0 fully saturated rings. The Morgan fingerprint density at radius 2 is 1.90 bits per heavy atom. The molecule has 1 aromatic rings. The molecule has 0 saturated carbocycles. The van der Waals surface area contributed by atoms with E-state index < -0.39 is 5.97 Å². The van der Waals surface area contributed by atoms with Crippen molar-refractivity contribution in [3.05, 3.63) is 46.5 Å². The minimum Gasteiger partial charge on any atom is -0.478 e. The molecule has 5 heteroatoms. The summed E-state index contributed by atoms with van der Waals surface area (Å²) >= 11 is 0. The molecule has 3 rings (SSSR count). The van der Waals surface area contributed by atoms with E-state index in [2.05, 4.69) is 13.0 Å². The molecule has 2 aliphatic rings. The molecule has 2 aliphatic heterocycles. The Balaban J connectivity index is 1.72. The highest BCUT2D eigenvalue weighted by Crippen LogP contribution is 2.25. The highest BCUT2D eigenvalue weighted by molar-refractivity contribution is 5.88. The Hall–Kier alpha value is -2.30. The van der Waals surface area contributed by atoms with E-state index in [1.807, 2.05) is 11.0 Å². The molecule has 2 amide bonds. The number of carboxylic acids is 1. The third-order valence-corrected chi connectivity index (χ3v) is 4.15. The van der Waals surface area contributed by atoms with Gasteiger partial charge < -0.3 is 14.9 Å². The molecule has 5 nitrogen and oxygen atoms in total. The van der Waals surface area contributed by atoms with Crippen LogP contribution in [0, 0.1) is 0 Å². The van der Waals surface area contributed by atoms with E-state index >= 15 is 0 Å². The molecule has 2 heterocycles. The summed E-state index contributed by atoms with van der Waals surface area (Å²) in [5.74, 6) is -0.931. The molecular weight excluding hydrogens is 268 g/mol. The van der Waals surface area contributed by atoms with Gasteiger partial charge in [0.05, 0.1) is 5.56 Å². The average molecular weight is 286 g/mol. The molecule has 0 unspecified atom stereocenters. The molecule has 21 heavy (non-hydrogen) atoms. The van der Waals surface area contributed by atoms with Crippen LogP contribution in [-0.2, 0) is 13.1 Å². The minimum absolute atomic E-state index is 0.0341. The van der Waals surface area contributed by atoms with Crippen LogP contribution in [0.25, 0.3) is 0 Å². The van der Waals surface area contributed by atoms with Gasteiger partial charge in [0.15, 0.2) is 0 Å². The molecule has 0 aromatic heterocycles. The quantitative estimate of drug-likeness (QED) is 0.807. The van der Waals surface area contributed by atoms with E-state index in [0.717, 1.165) is 24.1 Å². The summed E-state index contributed by atoms with van der Waals surface area (Å²) in [4.78, 5) is 27.1. The Morgan fingerprint density at radius 3 is 2.57 bits per heavy atom. The molecule has 0 radical (unpaired) electrons. The third kappa shape index (κ3) is 2.63. The number of fused-ring (bicyclic) bond motifs is 1. The first-order valence-corrected chi connectivity index (χ1v) is 7.09. The van der Waals surface area contributed by atoms with Crippen molar-refractivity contribution in [2.24, 2.45) is 0 Å². The van der Waals surface area contributed by atoms with E-state index in [1.54, 1.807) is 17.0 Å². The fraction of sp³-hybridized carbons (Fsp3) is 0.375. The Kier molecular flexibility index (Phi) is 3.41. The van der Waals surface area contributed by atoms with Crippen LogP contribution in [0.3, 0.4) is 0 Å². The molecule has 1 N–H and O–H groups in total. The number of aromatic carboxylic acids is 1. The lowest BCUT2D eigenvalue weighted by molar-refractivity contribution is 0.0696. The first-order chi connectivity index (χ1) is 10.0. The van der Waals surface area contributed by atoms with Crippen molar-refractivity contribution in [2.75, 3.05) is 13.1 Å². The summed E-state index contributed by atoms with van der Waals surface area (Å²) in [6, 6.07) is 5.12. The maximum absolute atomic E-state index is 12.5. The number of carboxylic acid groups (broad SMARTS) is 1. The topological polar surface area (TPSA) is 60.9 Å². The zero-order valence-corrected chi connectivity index (χ0v) is 12.0. The third-order valence-electron chi connectivity index (χ3n) is 4.15. The van der Waals surface area contributed by atoms with E-state index in [0.29, 0.717) is 19.6 Å². The number of carbonyl (C=O) groups is 2. The SMILES string of the molecule is CC1=CCN(C(=O)N2Cc3ccc(C(=O)O)cc3C2)CC1. The van der Waals surface area contributed by atoms with Crippen molar-refractivity contribution < 1.29 is 14.7 Å². The van der Waals surface area contributed by atoms with E-state index in [1.165, 1.54) is 5.57 Å². The van der Waals surface area contributed by atoms with Gasteiger partial charge in [-0.1, -0.05) is 17.7 Å². The van der Waals surface area contributed by atoms with Gasteiger partial charge in [-0.3, -0.25) is 0 Å². The average Bonchev–Trinajstić information content (AvgIpc) is 2.90. The van der Waals surface area contributed by atoms with Gasteiger partial charge in [-0.05, 0) is 36.6 Å². The molecule has 0 saturated heterocycles. The van der Waals surface area contributed by atoms with Gasteiger partial charge in [0.2, 0.25) is 0 Å². The second kappa shape index (κ2) is 5.24. The van der Waals surface area contributed by atoms with Crippen molar-refractivity contribution in [2.45, 2.75) is 26.4 Å². The second-order valence-corrected chi connectivity index (χ2v) is 5.67. The Labute approximate surface area is 123 Å². The predicted molar refractivity (Wildman–Crippen MR) is 78.0 cm³/mol. The van der Waals surface area contributed by atoms with Gasteiger partial charge in [0.25, 0.3) is 0 Å². The van der Waals surface area contributed by atoms with Crippen LogP contribution >= 0.6 is 0 Å². The fourth-order valence-electron chi connectivity index (χ4n) is 2.81. The van der Waals surface area contributed by atoms with E-state index in [-0.39, 0.29) is 11.6 Å². The fourth-order valence-corrected chi connectivity index (χ4v) is 2.81. The van der Waals surface area contributed by atoms with Crippen LogP contribution < -0.4 is 0 Å². The summed E-state index contributed by atoms with van der Waals surface area (Å²) in [6.45, 7) is 4.56. The maximum atomic E-state index is 12.5. The number of rotatable bonds is 1. The second-order valence-electron chi connectivity index (χ2n) is 5.67. The van der Waals surface area contributed by atoms with Crippen molar-refractivity contribution >= 4 is 12.0 Å². The summed E-state index contributed by atoms with van der Waals surface area (Å²) in [5, 5.41) is 9.02. The zero-order chi connectivity index (χ0) is 15.0. The Bertz CT molecular complexity index is 636. The highest BCUT2D eigenvalue weighted by Gasteiger charge is 2.28. The smallest absolute Gasteiger partial charge is 0.335 e.